The lowest BCUT2D eigenvalue weighted by Gasteiger charge is -2.13. The maximum Gasteiger partial charge on any atom is 0.341 e. The predicted octanol–water partition coefficient (Wildman–Crippen LogP) is 1.45. The standard InChI is InChI=1S/C16H14O8S/c17-15(18)9-23-11-5-1-3-7-13(11)25(21,22)14-8-4-2-6-12(14)24-10-16(19)20/h1-8H,9-10H2,(H,17,18)(H,19,20). The summed E-state index contributed by atoms with van der Waals surface area (Å²) in [4.78, 5) is 20.8. The lowest BCUT2D eigenvalue weighted by atomic mass is 10.3. The van der Waals surface area contributed by atoms with Gasteiger partial charge in [-0.15, -0.1) is 0 Å². The van der Waals surface area contributed by atoms with Crippen LogP contribution in [0, 0.1) is 0 Å². The van der Waals surface area contributed by atoms with Crippen molar-refractivity contribution in [1.29, 1.82) is 0 Å². The maximum atomic E-state index is 12.9. The van der Waals surface area contributed by atoms with E-state index >= 15 is 0 Å². The van der Waals surface area contributed by atoms with Gasteiger partial charge in [0.2, 0.25) is 9.84 Å². The molecule has 0 amide bonds. The smallest absolute Gasteiger partial charge is 0.341 e. The molecule has 0 spiro atoms. The van der Waals surface area contributed by atoms with Crippen LogP contribution >= 0.6 is 0 Å². The Labute approximate surface area is 143 Å². The van der Waals surface area contributed by atoms with Gasteiger partial charge in [0.25, 0.3) is 0 Å². The molecule has 0 fully saturated rings. The second-order valence-corrected chi connectivity index (χ2v) is 6.65. The topological polar surface area (TPSA) is 127 Å². The van der Waals surface area contributed by atoms with Crippen LogP contribution in [0.4, 0.5) is 0 Å². The minimum absolute atomic E-state index is 0.127. The molecule has 0 saturated carbocycles. The summed E-state index contributed by atoms with van der Waals surface area (Å²) in [6, 6.07) is 11.1. The number of carbonyl (C=O) groups is 2. The first-order valence-electron chi connectivity index (χ1n) is 6.94. The third-order valence-corrected chi connectivity index (χ3v) is 4.81. The van der Waals surface area contributed by atoms with Crippen LogP contribution in [0.5, 0.6) is 11.5 Å². The van der Waals surface area contributed by atoms with Gasteiger partial charge < -0.3 is 19.7 Å². The first-order chi connectivity index (χ1) is 11.8. The van der Waals surface area contributed by atoms with Crippen molar-refractivity contribution >= 4 is 21.8 Å². The summed E-state index contributed by atoms with van der Waals surface area (Å²) in [7, 11) is -4.13. The van der Waals surface area contributed by atoms with E-state index in [0.717, 1.165) is 0 Å². The molecule has 9 heteroatoms. The van der Waals surface area contributed by atoms with Crippen LogP contribution in [-0.4, -0.2) is 43.8 Å². The summed E-state index contributed by atoms with van der Waals surface area (Å²) in [5, 5.41) is 17.4. The van der Waals surface area contributed by atoms with E-state index in [0.29, 0.717) is 0 Å². The number of rotatable bonds is 8. The molecule has 2 aromatic rings. The number of hydrogen-bond donors (Lipinski definition) is 2. The Morgan fingerprint density at radius 1 is 0.760 bits per heavy atom. The van der Waals surface area contributed by atoms with Crippen molar-refractivity contribution < 1.29 is 37.7 Å². The molecule has 0 heterocycles. The largest absolute Gasteiger partial charge is 0.481 e. The van der Waals surface area contributed by atoms with Crippen molar-refractivity contribution in [2.75, 3.05) is 13.2 Å². The van der Waals surface area contributed by atoms with E-state index in [1.165, 1.54) is 48.5 Å². The fraction of sp³-hybridized carbons (Fsp3) is 0.125. The van der Waals surface area contributed by atoms with Gasteiger partial charge in [0.1, 0.15) is 21.3 Å². The highest BCUT2D eigenvalue weighted by molar-refractivity contribution is 7.91. The van der Waals surface area contributed by atoms with E-state index in [4.69, 9.17) is 19.7 Å². The van der Waals surface area contributed by atoms with E-state index in [9.17, 15) is 18.0 Å². The zero-order chi connectivity index (χ0) is 18.4. The number of ether oxygens (including phenoxy) is 2. The summed E-state index contributed by atoms with van der Waals surface area (Å²) in [5.41, 5.74) is 0. The Morgan fingerprint density at radius 2 is 1.12 bits per heavy atom. The second-order valence-electron chi connectivity index (χ2n) is 4.76. The molecule has 0 aliphatic rings. The molecule has 0 radical (unpaired) electrons. The van der Waals surface area contributed by atoms with Crippen molar-refractivity contribution in [3.63, 3.8) is 0 Å². The Kier molecular flexibility index (Phi) is 5.60. The van der Waals surface area contributed by atoms with Gasteiger partial charge in [-0.3, -0.25) is 0 Å². The van der Waals surface area contributed by atoms with Gasteiger partial charge in [-0.2, -0.15) is 0 Å². The number of sulfone groups is 1. The van der Waals surface area contributed by atoms with Gasteiger partial charge in [0.15, 0.2) is 13.2 Å². The van der Waals surface area contributed by atoms with Gasteiger partial charge in [-0.1, -0.05) is 24.3 Å². The first kappa shape index (κ1) is 18.3. The van der Waals surface area contributed by atoms with Gasteiger partial charge in [-0.05, 0) is 24.3 Å². The van der Waals surface area contributed by atoms with E-state index in [1.807, 2.05) is 0 Å². The van der Waals surface area contributed by atoms with Crippen molar-refractivity contribution in [2.45, 2.75) is 9.79 Å². The van der Waals surface area contributed by atoms with Crippen molar-refractivity contribution in [3.8, 4) is 11.5 Å². The molecule has 0 bridgehead atoms. The molecule has 2 N–H and O–H groups in total. The van der Waals surface area contributed by atoms with Crippen LogP contribution in [0.2, 0.25) is 0 Å². The lowest BCUT2D eigenvalue weighted by Crippen LogP contribution is -2.14. The van der Waals surface area contributed by atoms with E-state index in [-0.39, 0.29) is 21.3 Å². The van der Waals surface area contributed by atoms with Gasteiger partial charge in [0.05, 0.1) is 0 Å². The maximum absolute atomic E-state index is 12.9. The highest BCUT2D eigenvalue weighted by atomic mass is 32.2. The molecule has 2 rings (SSSR count). The van der Waals surface area contributed by atoms with E-state index < -0.39 is 35.0 Å². The summed E-state index contributed by atoms with van der Waals surface area (Å²) >= 11 is 0. The third-order valence-electron chi connectivity index (χ3n) is 2.98. The Bertz CT molecular complexity index is 821. The van der Waals surface area contributed by atoms with Crippen molar-refractivity contribution in [2.24, 2.45) is 0 Å². The normalized spacial score (nSPS) is 10.9. The quantitative estimate of drug-likeness (QED) is 0.718. The zero-order valence-electron chi connectivity index (χ0n) is 12.8. The van der Waals surface area contributed by atoms with Crippen LogP contribution in [0.1, 0.15) is 0 Å². The summed E-state index contributed by atoms with van der Waals surface area (Å²) in [5.74, 6) is -2.76. The number of benzene rings is 2. The molecule has 132 valence electrons. The van der Waals surface area contributed by atoms with Crippen LogP contribution in [0.15, 0.2) is 58.3 Å². The van der Waals surface area contributed by atoms with Gasteiger partial charge in [-0.25, -0.2) is 18.0 Å². The molecular weight excluding hydrogens is 352 g/mol. The van der Waals surface area contributed by atoms with Gasteiger partial charge in [0, 0.05) is 0 Å². The Morgan fingerprint density at radius 3 is 1.48 bits per heavy atom. The average molecular weight is 366 g/mol. The predicted molar refractivity (Wildman–Crippen MR) is 84.6 cm³/mol. The summed E-state index contributed by atoms with van der Waals surface area (Å²) in [6.45, 7) is -1.41. The molecule has 25 heavy (non-hydrogen) atoms. The lowest BCUT2D eigenvalue weighted by molar-refractivity contribution is -0.140. The number of hydrogen-bond acceptors (Lipinski definition) is 6. The molecule has 0 unspecified atom stereocenters. The average Bonchev–Trinajstić information content (AvgIpc) is 2.58. The number of aliphatic carboxylic acids is 2. The van der Waals surface area contributed by atoms with E-state index in [1.54, 1.807) is 0 Å². The van der Waals surface area contributed by atoms with E-state index in [2.05, 4.69) is 0 Å². The SMILES string of the molecule is O=C(O)COc1ccccc1S(=O)(=O)c1ccccc1OCC(=O)O. The molecule has 0 aromatic heterocycles. The first-order valence-corrected chi connectivity index (χ1v) is 8.43. The third kappa shape index (κ3) is 4.48. The number of carboxylic acids is 2. The molecule has 2 aromatic carbocycles. The molecule has 0 aliphatic heterocycles. The highest BCUT2D eigenvalue weighted by Crippen LogP contribution is 2.34. The van der Waals surface area contributed by atoms with Crippen molar-refractivity contribution in [3.05, 3.63) is 48.5 Å². The zero-order valence-corrected chi connectivity index (χ0v) is 13.6. The van der Waals surface area contributed by atoms with Crippen molar-refractivity contribution in [1.82, 2.24) is 0 Å². The summed E-state index contributed by atoms with van der Waals surface area (Å²) < 4.78 is 35.9. The molecule has 0 saturated heterocycles. The van der Waals surface area contributed by atoms with Crippen LogP contribution in [0.25, 0.3) is 0 Å². The molecule has 0 atom stereocenters. The highest BCUT2D eigenvalue weighted by Gasteiger charge is 2.26. The number of para-hydroxylation sites is 2. The fourth-order valence-corrected chi connectivity index (χ4v) is 3.52. The molecule has 0 aliphatic carbocycles. The monoisotopic (exact) mass is 366 g/mol. The minimum atomic E-state index is -4.13. The molecule has 8 nitrogen and oxygen atoms in total. The Balaban J connectivity index is 2.46. The van der Waals surface area contributed by atoms with Crippen LogP contribution < -0.4 is 9.47 Å². The van der Waals surface area contributed by atoms with Gasteiger partial charge >= 0.3 is 11.9 Å². The number of carboxylic acid groups (broad SMARTS) is 2. The fourth-order valence-electron chi connectivity index (χ4n) is 1.98. The van der Waals surface area contributed by atoms with Crippen LogP contribution in [-0.2, 0) is 19.4 Å². The molecular formula is C16H14O8S. The minimum Gasteiger partial charge on any atom is -0.481 e. The second kappa shape index (κ2) is 7.67. The van der Waals surface area contributed by atoms with Crippen LogP contribution in [0.3, 0.4) is 0 Å². The summed E-state index contributed by atoms with van der Waals surface area (Å²) in [6.07, 6.45) is 0. The Hall–Kier alpha value is -3.07.